The predicted molar refractivity (Wildman–Crippen MR) is 119 cm³/mol. The molecule has 2 aromatic rings. The standard InChI is InChI=1S/C21H25ClN4O2S/c1-3-13-11-16(23-19(13)22)20(27)24-14-9-10-26(12-17(14)28-4-2)21-25-15-7-5-6-8-18(15)29-21/h5-8,14,17H,3-4,9-12H2,1-2H3,(H,24,27)/t14-,17+/m1/s1. The van der Waals surface area contributed by atoms with Crippen LogP contribution in [0.15, 0.2) is 40.0 Å². The number of nitrogens with one attached hydrogen (secondary N) is 1. The van der Waals surface area contributed by atoms with Gasteiger partial charge in [0.25, 0.3) is 5.91 Å². The number of allylic oxidation sites excluding steroid dienone is 1. The molecule has 0 bridgehead atoms. The van der Waals surface area contributed by atoms with Crippen LogP contribution in [0.5, 0.6) is 0 Å². The summed E-state index contributed by atoms with van der Waals surface area (Å²) in [5.74, 6) is -0.144. The molecule has 1 aromatic heterocycles. The number of aromatic nitrogens is 1. The molecule has 1 amide bonds. The van der Waals surface area contributed by atoms with Gasteiger partial charge in [0.15, 0.2) is 5.13 Å². The van der Waals surface area contributed by atoms with Gasteiger partial charge in [-0.1, -0.05) is 42.0 Å². The minimum Gasteiger partial charge on any atom is -0.375 e. The van der Waals surface area contributed by atoms with E-state index in [0.29, 0.717) is 30.4 Å². The Morgan fingerprint density at radius 1 is 1.38 bits per heavy atom. The van der Waals surface area contributed by atoms with Crippen LogP contribution in [0.4, 0.5) is 5.13 Å². The van der Waals surface area contributed by atoms with Crippen LogP contribution in [-0.2, 0) is 9.53 Å². The number of fused-ring (bicyclic) bond motifs is 1. The zero-order chi connectivity index (χ0) is 20.4. The Hall–Kier alpha value is -1.96. The summed E-state index contributed by atoms with van der Waals surface area (Å²) in [6.07, 6.45) is 2.04. The highest BCUT2D eigenvalue weighted by Gasteiger charge is 2.33. The van der Waals surface area contributed by atoms with E-state index in [1.54, 1.807) is 11.3 Å². The highest BCUT2D eigenvalue weighted by atomic mass is 35.5. The van der Waals surface area contributed by atoms with Crippen molar-refractivity contribution in [3.05, 3.63) is 35.0 Å². The van der Waals surface area contributed by atoms with Crippen molar-refractivity contribution in [1.29, 1.82) is 0 Å². The number of amides is 1. The molecule has 8 heteroatoms. The summed E-state index contributed by atoms with van der Waals surface area (Å²) in [5, 5.41) is 4.60. The predicted octanol–water partition coefficient (Wildman–Crippen LogP) is 4.10. The summed E-state index contributed by atoms with van der Waals surface area (Å²) in [7, 11) is 0. The molecule has 1 fully saturated rings. The van der Waals surface area contributed by atoms with Gasteiger partial charge >= 0.3 is 0 Å². The number of piperidine rings is 1. The number of anilines is 1. The number of hydrogen-bond acceptors (Lipinski definition) is 6. The van der Waals surface area contributed by atoms with Gasteiger partial charge in [0.05, 0.1) is 22.4 Å². The van der Waals surface area contributed by atoms with Gasteiger partial charge in [-0.05, 0) is 37.5 Å². The number of carbonyl (C=O) groups excluding carboxylic acids is 1. The highest BCUT2D eigenvalue weighted by Crippen LogP contribution is 2.31. The number of aliphatic imine (C=N–C) groups is 1. The second-order valence-corrected chi connectivity index (χ2v) is 8.62. The van der Waals surface area contributed by atoms with Crippen LogP contribution in [-0.4, -0.2) is 48.4 Å². The van der Waals surface area contributed by atoms with Gasteiger partial charge in [-0.3, -0.25) is 4.79 Å². The Labute approximate surface area is 179 Å². The highest BCUT2D eigenvalue weighted by molar-refractivity contribution is 7.22. The Morgan fingerprint density at radius 2 is 2.21 bits per heavy atom. The molecule has 29 heavy (non-hydrogen) atoms. The van der Waals surface area contributed by atoms with Gasteiger partial charge < -0.3 is 15.0 Å². The topological polar surface area (TPSA) is 66.8 Å². The molecular formula is C21H25ClN4O2S. The zero-order valence-electron chi connectivity index (χ0n) is 16.7. The molecule has 0 saturated carbocycles. The van der Waals surface area contributed by atoms with Crippen LogP contribution in [0.3, 0.4) is 0 Å². The summed E-state index contributed by atoms with van der Waals surface area (Å²) in [6, 6.07) is 8.11. The molecule has 6 nitrogen and oxygen atoms in total. The minimum atomic E-state index is -0.144. The van der Waals surface area contributed by atoms with E-state index in [9.17, 15) is 4.79 Å². The number of hydrogen-bond donors (Lipinski definition) is 1. The van der Waals surface area contributed by atoms with Crippen molar-refractivity contribution in [3.63, 3.8) is 0 Å². The zero-order valence-corrected chi connectivity index (χ0v) is 18.2. The lowest BCUT2D eigenvalue weighted by atomic mass is 10.0. The number of carbonyl (C=O) groups is 1. The summed E-state index contributed by atoms with van der Waals surface area (Å²) < 4.78 is 7.17. The first-order valence-electron chi connectivity index (χ1n) is 10.1. The maximum atomic E-state index is 12.7. The molecule has 0 radical (unpaired) electrons. The van der Waals surface area contributed by atoms with Crippen molar-refractivity contribution in [2.75, 3.05) is 24.6 Å². The molecule has 1 saturated heterocycles. The summed E-state index contributed by atoms with van der Waals surface area (Å²) in [4.78, 5) is 24.0. The molecule has 1 N–H and O–H groups in total. The maximum absolute atomic E-state index is 12.7. The molecule has 0 spiro atoms. The Bertz CT molecular complexity index is 937. The molecule has 1 aromatic carbocycles. The molecule has 2 atom stereocenters. The third kappa shape index (κ3) is 4.32. The lowest BCUT2D eigenvalue weighted by molar-refractivity contribution is -0.117. The fraction of sp³-hybridized carbons (Fsp3) is 0.476. The molecule has 4 rings (SSSR count). The van der Waals surface area contributed by atoms with Gasteiger partial charge in [-0.25, -0.2) is 9.98 Å². The second-order valence-electron chi connectivity index (χ2n) is 7.26. The number of thiazole rings is 1. The number of benzene rings is 1. The largest absolute Gasteiger partial charge is 0.375 e. The number of rotatable bonds is 6. The van der Waals surface area contributed by atoms with Crippen LogP contribution in [0.25, 0.3) is 10.2 Å². The van der Waals surface area contributed by atoms with Crippen LogP contribution >= 0.6 is 22.9 Å². The van der Waals surface area contributed by atoms with Crippen molar-refractivity contribution in [2.45, 2.75) is 45.3 Å². The van der Waals surface area contributed by atoms with Crippen molar-refractivity contribution in [2.24, 2.45) is 4.99 Å². The molecule has 0 unspecified atom stereocenters. The molecule has 2 aliphatic rings. The van der Waals surface area contributed by atoms with Gasteiger partial charge in [-0.2, -0.15) is 0 Å². The van der Waals surface area contributed by atoms with E-state index in [1.165, 1.54) is 4.70 Å². The average Bonchev–Trinajstić information content (AvgIpc) is 3.32. The SMILES string of the molecule is CCO[C@H]1CN(c2nc3ccccc3s2)CC[C@H]1NC(=O)C1=NC(Cl)=C(CC)C1. The van der Waals surface area contributed by atoms with E-state index in [2.05, 4.69) is 21.3 Å². The van der Waals surface area contributed by atoms with Crippen LogP contribution in [0.2, 0.25) is 0 Å². The lowest BCUT2D eigenvalue weighted by Crippen LogP contribution is -2.56. The third-order valence-electron chi connectivity index (χ3n) is 5.40. The van der Waals surface area contributed by atoms with E-state index in [-0.39, 0.29) is 18.1 Å². The first kappa shape index (κ1) is 20.3. The van der Waals surface area contributed by atoms with Gasteiger partial charge in [-0.15, -0.1) is 0 Å². The molecule has 3 heterocycles. The summed E-state index contributed by atoms with van der Waals surface area (Å²) in [5.41, 5.74) is 2.53. The minimum absolute atomic E-state index is 0.0553. The second kappa shape index (κ2) is 8.81. The van der Waals surface area contributed by atoms with Gasteiger partial charge in [0.1, 0.15) is 10.9 Å². The molecule has 154 valence electrons. The first-order valence-corrected chi connectivity index (χ1v) is 11.3. The van der Waals surface area contributed by atoms with E-state index < -0.39 is 0 Å². The van der Waals surface area contributed by atoms with Crippen LogP contribution in [0.1, 0.15) is 33.1 Å². The Morgan fingerprint density at radius 3 is 2.93 bits per heavy atom. The van der Waals surface area contributed by atoms with E-state index in [0.717, 1.165) is 35.6 Å². The van der Waals surface area contributed by atoms with Crippen molar-refractivity contribution in [1.82, 2.24) is 10.3 Å². The molecule has 2 aliphatic heterocycles. The van der Waals surface area contributed by atoms with Gasteiger partial charge in [0, 0.05) is 26.1 Å². The monoisotopic (exact) mass is 432 g/mol. The van der Waals surface area contributed by atoms with Crippen LogP contribution in [0, 0.1) is 0 Å². The number of ether oxygens (including phenoxy) is 1. The Kier molecular flexibility index (Phi) is 6.18. The number of nitrogens with zero attached hydrogens (tertiary/aromatic N) is 3. The van der Waals surface area contributed by atoms with E-state index >= 15 is 0 Å². The number of halogens is 1. The maximum Gasteiger partial charge on any atom is 0.266 e. The lowest BCUT2D eigenvalue weighted by Gasteiger charge is -2.38. The summed E-state index contributed by atoms with van der Waals surface area (Å²) in [6.45, 7) is 6.12. The van der Waals surface area contributed by atoms with Gasteiger partial charge in [0.2, 0.25) is 0 Å². The van der Waals surface area contributed by atoms with E-state index in [4.69, 9.17) is 21.3 Å². The fourth-order valence-electron chi connectivity index (χ4n) is 3.80. The summed E-state index contributed by atoms with van der Waals surface area (Å²) >= 11 is 7.83. The van der Waals surface area contributed by atoms with E-state index in [1.807, 2.05) is 32.0 Å². The quantitative estimate of drug-likeness (QED) is 0.698. The third-order valence-corrected chi connectivity index (χ3v) is 6.85. The smallest absolute Gasteiger partial charge is 0.266 e. The molecular weight excluding hydrogens is 408 g/mol. The molecule has 0 aliphatic carbocycles. The van der Waals surface area contributed by atoms with Crippen molar-refractivity contribution in [3.8, 4) is 0 Å². The van der Waals surface area contributed by atoms with Crippen molar-refractivity contribution < 1.29 is 9.53 Å². The first-order chi connectivity index (χ1) is 14.1. The average molecular weight is 433 g/mol. The Balaban J connectivity index is 1.43. The normalized spacial score (nSPS) is 22.3. The fourth-order valence-corrected chi connectivity index (χ4v) is 5.10. The van der Waals surface area contributed by atoms with Crippen molar-refractivity contribution >= 4 is 49.9 Å². The van der Waals surface area contributed by atoms with Crippen LogP contribution < -0.4 is 10.2 Å². The number of para-hydroxylation sites is 1.